The summed E-state index contributed by atoms with van der Waals surface area (Å²) < 4.78 is 30.2. The SMILES string of the molecule is CCOC(=O)CC(Oc1ccc(F)cc1N)(C(=O)OC(C)(C)C)c1ccccc1. The number of benzene rings is 2. The van der Waals surface area contributed by atoms with Gasteiger partial charge in [0.15, 0.2) is 0 Å². The Labute approximate surface area is 169 Å². The molecule has 2 aromatic rings. The van der Waals surface area contributed by atoms with Crippen molar-refractivity contribution in [1.29, 1.82) is 0 Å². The first-order chi connectivity index (χ1) is 13.6. The van der Waals surface area contributed by atoms with E-state index in [0.29, 0.717) is 5.56 Å². The van der Waals surface area contributed by atoms with Gasteiger partial charge >= 0.3 is 11.9 Å². The van der Waals surface area contributed by atoms with Gasteiger partial charge in [-0.3, -0.25) is 4.79 Å². The van der Waals surface area contributed by atoms with Crippen LogP contribution in [0.15, 0.2) is 48.5 Å². The third-order valence-corrected chi connectivity index (χ3v) is 3.92. The quantitative estimate of drug-likeness (QED) is 0.556. The molecule has 0 saturated heterocycles. The lowest BCUT2D eigenvalue weighted by Crippen LogP contribution is -2.47. The fourth-order valence-electron chi connectivity index (χ4n) is 2.71. The molecule has 0 aliphatic heterocycles. The van der Waals surface area contributed by atoms with E-state index in [1.165, 1.54) is 6.07 Å². The van der Waals surface area contributed by atoms with Crippen LogP contribution in [0.2, 0.25) is 0 Å². The van der Waals surface area contributed by atoms with Crippen molar-refractivity contribution >= 4 is 17.6 Å². The highest BCUT2D eigenvalue weighted by molar-refractivity contribution is 5.88. The van der Waals surface area contributed by atoms with E-state index in [1.807, 2.05) is 0 Å². The Kier molecular flexibility index (Phi) is 6.84. The molecule has 0 fully saturated rings. The van der Waals surface area contributed by atoms with Crippen molar-refractivity contribution in [2.24, 2.45) is 0 Å². The average Bonchev–Trinajstić information content (AvgIpc) is 2.62. The predicted molar refractivity (Wildman–Crippen MR) is 107 cm³/mol. The van der Waals surface area contributed by atoms with Crippen LogP contribution in [0, 0.1) is 5.82 Å². The molecule has 0 bridgehead atoms. The van der Waals surface area contributed by atoms with Crippen molar-refractivity contribution in [2.75, 3.05) is 12.3 Å². The molecule has 0 spiro atoms. The summed E-state index contributed by atoms with van der Waals surface area (Å²) >= 11 is 0. The molecule has 0 heterocycles. The molecular weight excluding hydrogens is 377 g/mol. The maximum Gasteiger partial charge on any atom is 0.356 e. The van der Waals surface area contributed by atoms with Gasteiger partial charge in [-0.1, -0.05) is 30.3 Å². The predicted octanol–water partition coefficient (Wildman–Crippen LogP) is 3.98. The lowest BCUT2D eigenvalue weighted by molar-refractivity contribution is -0.180. The highest BCUT2D eigenvalue weighted by atomic mass is 19.1. The van der Waals surface area contributed by atoms with Crippen LogP contribution < -0.4 is 10.5 Å². The minimum absolute atomic E-state index is 0.0160. The first kappa shape index (κ1) is 22.2. The zero-order chi connectivity index (χ0) is 21.7. The number of ether oxygens (including phenoxy) is 3. The van der Waals surface area contributed by atoms with E-state index in [1.54, 1.807) is 58.0 Å². The van der Waals surface area contributed by atoms with E-state index in [0.717, 1.165) is 12.1 Å². The number of hydrogen-bond acceptors (Lipinski definition) is 6. The van der Waals surface area contributed by atoms with Crippen molar-refractivity contribution in [3.05, 3.63) is 59.9 Å². The maximum atomic E-state index is 13.5. The Morgan fingerprint density at radius 3 is 2.28 bits per heavy atom. The zero-order valence-corrected chi connectivity index (χ0v) is 17.0. The fourth-order valence-corrected chi connectivity index (χ4v) is 2.71. The molecule has 29 heavy (non-hydrogen) atoms. The second kappa shape index (κ2) is 8.94. The van der Waals surface area contributed by atoms with Crippen LogP contribution in [0.1, 0.15) is 39.7 Å². The Hall–Kier alpha value is -3.09. The topological polar surface area (TPSA) is 87.9 Å². The zero-order valence-electron chi connectivity index (χ0n) is 17.0. The highest BCUT2D eigenvalue weighted by Gasteiger charge is 2.48. The summed E-state index contributed by atoms with van der Waals surface area (Å²) in [6.07, 6.45) is -0.448. The third kappa shape index (κ3) is 5.70. The van der Waals surface area contributed by atoms with Gasteiger partial charge in [0.2, 0.25) is 5.60 Å². The summed E-state index contributed by atoms with van der Waals surface area (Å²) in [7, 11) is 0. The standard InChI is InChI=1S/C22H26FNO5/c1-5-27-19(25)14-22(15-9-7-6-8-10-15,20(26)29-21(2,3)4)28-18-12-11-16(23)13-17(18)24/h6-13H,5,14,24H2,1-4H3. The van der Waals surface area contributed by atoms with Gasteiger partial charge in [0.25, 0.3) is 0 Å². The van der Waals surface area contributed by atoms with Gasteiger partial charge in [-0.25, -0.2) is 9.18 Å². The Balaban J connectivity index is 2.63. The van der Waals surface area contributed by atoms with Crippen LogP contribution in [0.4, 0.5) is 10.1 Å². The average molecular weight is 403 g/mol. The second-order valence-electron chi connectivity index (χ2n) is 7.46. The van der Waals surface area contributed by atoms with Crippen LogP contribution in [0.3, 0.4) is 0 Å². The maximum absolute atomic E-state index is 13.5. The number of anilines is 1. The van der Waals surface area contributed by atoms with E-state index in [2.05, 4.69) is 0 Å². The summed E-state index contributed by atoms with van der Waals surface area (Å²) in [5.74, 6) is -1.94. The number of rotatable bonds is 7. The molecule has 0 aliphatic carbocycles. The Morgan fingerprint density at radius 1 is 1.07 bits per heavy atom. The van der Waals surface area contributed by atoms with Crippen molar-refractivity contribution in [3.63, 3.8) is 0 Å². The summed E-state index contributed by atoms with van der Waals surface area (Å²) in [6, 6.07) is 12.0. The first-order valence-electron chi connectivity index (χ1n) is 9.26. The number of carbonyl (C=O) groups is 2. The van der Waals surface area contributed by atoms with Gasteiger partial charge in [0.1, 0.15) is 23.6 Å². The Morgan fingerprint density at radius 2 is 1.72 bits per heavy atom. The number of halogens is 1. The Bertz CT molecular complexity index is 863. The number of carbonyl (C=O) groups excluding carboxylic acids is 2. The van der Waals surface area contributed by atoms with Crippen molar-refractivity contribution in [2.45, 2.75) is 45.3 Å². The van der Waals surface area contributed by atoms with E-state index >= 15 is 0 Å². The molecule has 0 radical (unpaired) electrons. The van der Waals surface area contributed by atoms with Crippen molar-refractivity contribution < 1.29 is 28.2 Å². The van der Waals surface area contributed by atoms with Gasteiger partial charge < -0.3 is 19.9 Å². The van der Waals surface area contributed by atoms with Crippen molar-refractivity contribution in [3.8, 4) is 5.75 Å². The van der Waals surface area contributed by atoms with Crippen LogP contribution >= 0.6 is 0 Å². The van der Waals surface area contributed by atoms with Crippen LogP contribution in [0.5, 0.6) is 5.75 Å². The molecule has 0 aliphatic rings. The summed E-state index contributed by atoms with van der Waals surface area (Å²) in [4.78, 5) is 25.8. The van der Waals surface area contributed by atoms with Gasteiger partial charge in [-0.05, 0) is 39.8 Å². The smallest absolute Gasteiger partial charge is 0.356 e. The molecule has 0 saturated carbocycles. The van der Waals surface area contributed by atoms with Crippen LogP contribution in [-0.4, -0.2) is 24.1 Å². The summed E-state index contributed by atoms with van der Waals surface area (Å²) in [5, 5.41) is 0. The molecule has 2 rings (SSSR count). The fraction of sp³-hybridized carbons (Fsp3) is 0.364. The van der Waals surface area contributed by atoms with Crippen LogP contribution in [-0.2, 0) is 24.7 Å². The van der Waals surface area contributed by atoms with E-state index in [-0.39, 0.29) is 18.0 Å². The van der Waals surface area contributed by atoms with E-state index in [9.17, 15) is 14.0 Å². The molecule has 2 N–H and O–H groups in total. The number of nitrogen functional groups attached to an aromatic ring is 1. The number of nitrogens with two attached hydrogens (primary N) is 1. The van der Waals surface area contributed by atoms with E-state index < -0.39 is 35.4 Å². The molecule has 7 heteroatoms. The third-order valence-electron chi connectivity index (χ3n) is 3.92. The van der Waals surface area contributed by atoms with Gasteiger partial charge in [-0.15, -0.1) is 0 Å². The monoisotopic (exact) mass is 403 g/mol. The van der Waals surface area contributed by atoms with E-state index in [4.69, 9.17) is 19.9 Å². The molecule has 2 aromatic carbocycles. The number of esters is 2. The molecule has 1 atom stereocenters. The van der Waals surface area contributed by atoms with Crippen LogP contribution in [0.25, 0.3) is 0 Å². The minimum Gasteiger partial charge on any atom is -0.468 e. The minimum atomic E-state index is -1.87. The molecule has 156 valence electrons. The first-order valence-corrected chi connectivity index (χ1v) is 9.26. The lowest BCUT2D eigenvalue weighted by Gasteiger charge is -2.35. The molecule has 6 nitrogen and oxygen atoms in total. The molecule has 1 unspecified atom stereocenters. The van der Waals surface area contributed by atoms with Gasteiger partial charge in [0, 0.05) is 11.6 Å². The normalized spacial score (nSPS) is 13.3. The summed E-state index contributed by atoms with van der Waals surface area (Å²) in [5.41, 5.74) is 3.54. The molecule has 0 aromatic heterocycles. The number of hydrogen-bond donors (Lipinski definition) is 1. The van der Waals surface area contributed by atoms with Crippen molar-refractivity contribution in [1.82, 2.24) is 0 Å². The summed E-state index contributed by atoms with van der Waals surface area (Å²) in [6.45, 7) is 6.91. The lowest BCUT2D eigenvalue weighted by atomic mass is 9.89. The molecule has 0 amide bonds. The largest absolute Gasteiger partial charge is 0.468 e. The second-order valence-corrected chi connectivity index (χ2v) is 7.46. The van der Waals surface area contributed by atoms with Gasteiger partial charge in [0.05, 0.1) is 12.3 Å². The molecular formula is C22H26FNO5. The highest BCUT2D eigenvalue weighted by Crippen LogP contribution is 2.37. The van der Waals surface area contributed by atoms with Gasteiger partial charge in [-0.2, -0.15) is 0 Å².